The van der Waals surface area contributed by atoms with Gasteiger partial charge in [-0.3, -0.25) is 9.69 Å². The highest BCUT2D eigenvalue weighted by atomic mass is 35.5. The molecule has 1 amide bonds. The van der Waals surface area contributed by atoms with Crippen molar-refractivity contribution in [1.82, 2.24) is 9.80 Å². The number of anilines is 1. The summed E-state index contributed by atoms with van der Waals surface area (Å²) in [6, 6.07) is 8.91. The van der Waals surface area contributed by atoms with E-state index in [4.69, 9.17) is 27.6 Å². The fourth-order valence-corrected chi connectivity index (χ4v) is 3.21. The zero-order valence-electron chi connectivity index (χ0n) is 13.6. The first-order chi connectivity index (χ1) is 12.0. The highest BCUT2D eigenvalue weighted by Crippen LogP contribution is 2.20. The Morgan fingerprint density at radius 2 is 1.92 bits per heavy atom. The first kappa shape index (κ1) is 18.0. The standard InChI is InChI=1S/C17H19Cl2N3O3/c18-16(19)17(24)22-9-7-21(8-10-22)6-5-20-13-11-15(23)25-14-4-2-1-3-12(13)14/h1-4,11,16,20H,5-10H2. The van der Waals surface area contributed by atoms with Gasteiger partial charge in [-0.15, -0.1) is 0 Å². The summed E-state index contributed by atoms with van der Waals surface area (Å²) in [5.74, 6) is -0.233. The minimum Gasteiger partial charge on any atom is -0.423 e. The fraction of sp³-hybridized carbons (Fsp3) is 0.412. The molecule has 1 aromatic carbocycles. The van der Waals surface area contributed by atoms with Gasteiger partial charge in [0, 0.05) is 50.7 Å². The lowest BCUT2D eigenvalue weighted by Crippen LogP contribution is -2.50. The van der Waals surface area contributed by atoms with Crippen molar-refractivity contribution in [1.29, 1.82) is 0 Å². The zero-order valence-corrected chi connectivity index (χ0v) is 15.1. The van der Waals surface area contributed by atoms with Gasteiger partial charge in [-0.25, -0.2) is 4.79 Å². The van der Waals surface area contributed by atoms with E-state index in [1.807, 2.05) is 18.2 Å². The third kappa shape index (κ3) is 4.45. The van der Waals surface area contributed by atoms with E-state index in [0.29, 0.717) is 25.2 Å². The summed E-state index contributed by atoms with van der Waals surface area (Å²) in [5.41, 5.74) is 0.971. The Bertz CT molecular complexity index is 801. The second-order valence-electron chi connectivity index (χ2n) is 5.87. The topological polar surface area (TPSA) is 65.8 Å². The Labute approximate surface area is 155 Å². The van der Waals surface area contributed by atoms with Crippen molar-refractivity contribution < 1.29 is 9.21 Å². The number of benzene rings is 1. The number of hydrogen-bond donors (Lipinski definition) is 1. The highest BCUT2D eigenvalue weighted by Gasteiger charge is 2.24. The molecule has 1 saturated heterocycles. The molecule has 0 atom stereocenters. The summed E-state index contributed by atoms with van der Waals surface area (Å²) in [4.78, 5) is 26.3. The van der Waals surface area contributed by atoms with Crippen LogP contribution in [0.25, 0.3) is 11.0 Å². The van der Waals surface area contributed by atoms with Crippen LogP contribution in [-0.4, -0.2) is 59.8 Å². The third-order valence-corrected chi connectivity index (χ3v) is 4.64. The van der Waals surface area contributed by atoms with Gasteiger partial charge in [0.15, 0.2) is 4.84 Å². The van der Waals surface area contributed by atoms with Crippen LogP contribution in [0.3, 0.4) is 0 Å². The third-order valence-electron chi connectivity index (χ3n) is 4.26. The molecule has 0 saturated carbocycles. The van der Waals surface area contributed by atoms with Gasteiger partial charge in [0.1, 0.15) is 5.58 Å². The van der Waals surface area contributed by atoms with E-state index in [2.05, 4.69) is 10.2 Å². The van der Waals surface area contributed by atoms with E-state index in [9.17, 15) is 9.59 Å². The number of rotatable bonds is 5. The Morgan fingerprint density at radius 3 is 2.64 bits per heavy atom. The number of para-hydroxylation sites is 1. The quantitative estimate of drug-likeness (QED) is 0.632. The van der Waals surface area contributed by atoms with Gasteiger partial charge in [-0.2, -0.15) is 0 Å². The van der Waals surface area contributed by atoms with Crippen molar-refractivity contribution in [2.45, 2.75) is 4.84 Å². The molecule has 25 heavy (non-hydrogen) atoms. The second-order valence-corrected chi connectivity index (χ2v) is 6.97. The fourth-order valence-electron chi connectivity index (χ4n) is 2.94. The molecule has 8 heteroatoms. The van der Waals surface area contributed by atoms with Crippen LogP contribution in [-0.2, 0) is 4.79 Å². The van der Waals surface area contributed by atoms with Crippen LogP contribution in [0.2, 0.25) is 0 Å². The van der Waals surface area contributed by atoms with Crippen LogP contribution in [0.15, 0.2) is 39.5 Å². The monoisotopic (exact) mass is 383 g/mol. The lowest BCUT2D eigenvalue weighted by atomic mass is 10.2. The van der Waals surface area contributed by atoms with E-state index >= 15 is 0 Å². The molecule has 1 N–H and O–H groups in total. The summed E-state index contributed by atoms with van der Waals surface area (Å²) in [5, 5.41) is 4.19. The normalized spacial score (nSPS) is 15.7. The minimum atomic E-state index is -0.994. The van der Waals surface area contributed by atoms with Crippen LogP contribution in [0.5, 0.6) is 0 Å². The van der Waals surface area contributed by atoms with Crippen molar-refractivity contribution in [2.24, 2.45) is 0 Å². The molecular formula is C17H19Cl2N3O3. The molecular weight excluding hydrogens is 365 g/mol. The first-order valence-corrected chi connectivity index (χ1v) is 8.98. The molecule has 3 rings (SSSR count). The molecule has 0 spiro atoms. The highest BCUT2D eigenvalue weighted by molar-refractivity contribution is 6.53. The summed E-state index contributed by atoms with van der Waals surface area (Å²) in [7, 11) is 0. The number of fused-ring (bicyclic) bond motifs is 1. The maximum Gasteiger partial charge on any atom is 0.338 e. The van der Waals surface area contributed by atoms with Crippen LogP contribution in [0, 0.1) is 0 Å². The molecule has 2 aromatic rings. The molecule has 1 aromatic heterocycles. The van der Waals surface area contributed by atoms with Crippen LogP contribution in [0.1, 0.15) is 0 Å². The molecule has 1 fully saturated rings. The van der Waals surface area contributed by atoms with Gasteiger partial charge in [0.2, 0.25) is 0 Å². The second kappa shape index (κ2) is 8.08. The summed E-state index contributed by atoms with van der Waals surface area (Å²) >= 11 is 11.3. The van der Waals surface area contributed by atoms with Crippen molar-refractivity contribution in [3.05, 3.63) is 40.8 Å². The molecule has 0 radical (unpaired) electrons. The van der Waals surface area contributed by atoms with Gasteiger partial charge in [0.05, 0.1) is 5.69 Å². The first-order valence-electron chi connectivity index (χ1n) is 8.10. The largest absolute Gasteiger partial charge is 0.423 e. The summed E-state index contributed by atoms with van der Waals surface area (Å²) < 4.78 is 5.19. The number of alkyl halides is 2. The number of carbonyl (C=O) groups excluding carboxylic acids is 1. The van der Waals surface area contributed by atoms with Crippen LogP contribution in [0.4, 0.5) is 5.69 Å². The average Bonchev–Trinajstić information content (AvgIpc) is 2.61. The number of carbonyl (C=O) groups is 1. The van der Waals surface area contributed by atoms with E-state index in [0.717, 1.165) is 30.7 Å². The van der Waals surface area contributed by atoms with E-state index < -0.39 is 4.84 Å². The van der Waals surface area contributed by atoms with E-state index in [1.165, 1.54) is 6.07 Å². The molecule has 2 heterocycles. The van der Waals surface area contributed by atoms with Crippen molar-refractivity contribution >= 4 is 45.8 Å². The summed E-state index contributed by atoms with van der Waals surface area (Å²) in [6.07, 6.45) is 0. The van der Waals surface area contributed by atoms with E-state index in [-0.39, 0.29) is 11.5 Å². The number of hydrogen-bond acceptors (Lipinski definition) is 5. The van der Waals surface area contributed by atoms with Gasteiger partial charge >= 0.3 is 5.63 Å². The molecule has 0 aliphatic carbocycles. The maximum atomic E-state index is 11.8. The van der Waals surface area contributed by atoms with Gasteiger partial charge in [-0.1, -0.05) is 35.3 Å². The van der Waals surface area contributed by atoms with Crippen LogP contribution < -0.4 is 10.9 Å². The molecule has 134 valence electrons. The predicted octanol–water partition coefficient (Wildman–Crippen LogP) is 2.15. The Morgan fingerprint density at radius 1 is 1.20 bits per heavy atom. The van der Waals surface area contributed by atoms with Gasteiger partial charge in [-0.05, 0) is 12.1 Å². The lowest BCUT2D eigenvalue weighted by Gasteiger charge is -2.35. The van der Waals surface area contributed by atoms with Gasteiger partial charge < -0.3 is 14.6 Å². The number of piperazine rings is 1. The number of nitrogens with one attached hydrogen (secondary N) is 1. The number of halogens is 2. The Balaban J connectivity index is 1.53. The van der Waals surface area contributed by atoms with Crippen molar-refractivity contribution in [3.63, 3.8) is 0 Å². The summed E-state index contributed by atoms with van der Waals surface area (Å²) in [6.45, 7) is 4.27. The van der Waals surface area contributed by atoms with Crippen molar-refractivity contribution in [3.8, 4) is 0 Å². The SMILES string of the molecule is O=C(C(Cl)Cl)N1CCN(CCNc2cc(=O)oc3ccccc23)CC1. The van der Waals surface area contributed by atoms with Crippen LogP contribution >= 0.6 is 23.2 Å². The van der Waals surface area contributed by atoms with Gasteiger partial charge in [0.25, 0.3) is 5.91 Å². The lowest BCUT2D eigenvalue weighted by molar-refractivity contribution is -0.131. The zero-order chi connectivity index (χ0) is 17.8. The van der Waals surface area contributed by atoms with Crippen molar-refractivity contribution in [2.75, 3.05) is 44.6 Å². The number of nitrogens with zero attached hydrogens (tertiary/aromatic N) is 2. The average molecular weight is 384 g/mol. The Hall–Kier alpha value is -1.76. The molecule has 0 unspecified atom stereocenters. The minimum absolute atomic E-state index is 0.233. The molecule has 1 aliphatic rings. The predicted molar refractivity (Wildman–Crippen MR) is 99.5 cm³/mol. The molecule has 1 aliphatic heterocycles. The smallest absolute Gasteiger partial charge is 0.338 e. The van der Waals surface area contributed by atoms with E-state index in [1.54, 1.807) is 11.0 Å². The number of amides is 1. The Kier molecular flexibility index (Phi) is 5.83. The molecule has 6 nitrogen and oxygen atoms in total. The molecule has 0 bridgehead atoms. The maximum absolute atomic E-state index is 11.8.